The quantitative estimate of drug-likeness (QED) is 0.799. The highest BCUT2D eigenvalue weighted by Gasteiger charge is 2.32. The second-order valence-corrected chi connectivity index (χ2v) is 6.05. The van der Waals surface area contributed by atoms with Crippen LogP contribution in [-0.4, -0.2) is 74.6 Å². The Kier molecular flexibility index (Phi) is 5.17. The Labute approximate surface area is 140 Å². The fraction of sp³-hybridized carbons (Fsp3) is 0.562. The number of aliphatic hydroxyl groups is 1. The smallest absolute Gasteiger partial charge is 0.414 e. The summed E-state index contributed by atoms with van der Waals surface area (Å²) in [4.78, 5) is 17.4. The summed E-state index contributed by atoms with van der Waals surface area (Å²) in [7, 11) is 0. The first-order valence-corrected chi connectivity index (χ1v) is 8.18. The second kappa shape index (κ2) is 7.33. The number of hydrogen-bond acceptors (Lipinski definition) is 6. The molecule has 1 amide bonds. The average molecular weight is 338 g/mol. The Morgan fingerprint density at radius 1 is 1.29 bits per heavy atom. The van der Waals surface area contributed by atoms with Gasteiger partial charge < -0.3 is 20.5 Å². The molecular weight excluding hydrogens is 315 g/mol. The lowest BCUT2D eigenvalue weighted by atomic mass is 10.2. The maximum Gasteiger partial charge on any atom is 0.414 e. The molecule has 2 fully saturated rings. The van der Waals surface area contributed by atoms with Crippen LogP contribution in [0.1, 0.15) is 0 Å². The van der Waals surface area contributed by atoms with E-state index in [2.05, 4.69) is 4.90 Å². The van der Waals surface area contributed by atoms with Gasteiger partial charge in [-0.25, -0.2) is 9.18 Å². The minimum atomic E-state index is -0.559. The van der Waals surface area contributed by atoms with Crippen LogP contribution < -0.4 is 15.5 Å². The largest absolute Gasteiger partial charge is 0.441 e. The number of hydrogen-bond donors (Lipinski definition) is 2. The van der Waals surface area contributed by atoms with E-state index >= 15 is 0 Å². The van der Waals surface area contributed by atoms with Gasteiger partial charge >= 0.3 is 6.09 Å². The molecule has 132 valence electrons. The molecule has 8 heteroatoms. The van der Waals surface area contributed by atoms with Crippen molar-refractivity contribution in [3.63, 3.8) is 0 Å². The molecule has 0 spiro atoms. The summed E-state index contributed by atoms with van der Waals surface area (Å²) >= 11 is 0. The molecule has 2 aliphatic heterocycles. The van der Waals surface area contributed by atoms with E-state index in [-0.39, 0.29) is 19.0 Å². The summed E-state index contributed by atoms with van der Waals surface area (Å²) in [5.41, 5.74) is 6.55. The minimum Gasteiger partial charge on any atom is -0.441 e. The van der Waals surface area contributed by atoms with Gasteiger partial charge in [0.25, 0.3) is 0 Å². The van der Waals surface area contributed by atoms with Crippen molar-refractivity contribution in [1.82, 2.24) is 4.90 Å². The number of piperazine rings is 1. The van der Waals surface area contributed by atoms with E-state index in [0.717, 1.165) is 32.7 Å². The van der Waals surface area contributed by atoms with Crippen LogP contribution in [0.15, 0.2) is 18.2 Å². The predicted octanol–water partition coefficient (Wildman–Crippen LogP) is 0.224. The van der Waals surface area contributed by atoms with E-state index in [1.54, 1.807) is 12.1 Å². The molecule has 0 aromatic heterocycles. The third-order valence-electron chi connectivity index (χ3n) is 4.48. The van der Waals surface area contributed by atoms with Crippen molar-refractivity contribution < 1.29 is 19.0 Å². The van der Waals surface area contributed by atoms with Gasteiger partial charge in [-0.15, -0.1) is 0 Å². The van der Waals surface area contributed by atoms with Crippen molar-refractivity contribution in [3.8, 4) is 0 Å². The number of rotatable bonds is 5. The van der Waals surface area contributed by atoms with Crippen LogP contribution in [0.3, 0.4) is 0 Å². The predicted molar refractivity (Wildman–Crippen MR) is 88.8 cm³/mol. The molecule has 0 aliphatic carbocycles. The van der Waals surface area contributed by atoms with Gasteiger partial charge in [-0.2, -0.15) is 0 Å². The first-order chi connectivity index (χ1) is 11.6. The van der Waals surface area contributed by atoms with Crippen LogP contribution in [0, 0.1) is 5.82 Å². The topological polar surface area (TPSA) is 82.3 Å². The van der Waals surface area contributed by atoms with E-state index in [1.165, 1.54) is 11.0 Å². The van der Waals surface area contributed by atoms with Gasteiger partial charge in [0.05, 0.1) is 24.5 Å². The van der Waals surface area contributed by atoms with Crippen LogP contribution >= 0.6 is 0 Å². The highest BCUT2D eigenvalue weighted by molar-refractivity contribution is 5.90. The summed E-state index contributed by atoms with van der Waals surface area (Å²) < 4.78 is 19.5. The maximum absolute atomic E-state index is 14.5. The Balaban J connectivity index is 1.68. The van der Waals surface area contributed by atoms with E-state index in [9.17, 15) is 9.18 Å². The van der Waals surface area contributed by atoms with E-state index < -0.39 is 12.2 Å². The fourth-order valence-electron chi connectivity index (χ4n) is 3.14. The molecule has 0 radical (unpaired) electrons. The SMILES string of the molecule is NCCN1CCN(c2ccc(N3C[C@H](CO)OC3=O)cc2F)CC1. The standard InChI is InChI=1S/C16H23FN4O3/c17-14-9-12(21-10-13(11-22)24-16(21)23)1-2-15(14)20-7-5-19(4-3-18)6-8-20/h1-2,9,13,22H,3-8,10-11,18H2/t13-/m1/s1. The zero-order valence-corrected chi connectivity index (χ0v) is 13.5. The highest BCUT2D eigenvalue weighted by Crippen LogP contribution is 2.28. The maximum atomic E-state index is 14.5. The van der Waals surface area contributed by atoms with Gasteiger partial charge in [-0.3, -0.25) is 9.80 Å². The second-order valence-electron chi connectivity index (χ2n) is 6.05. The zero-order valence-electron chi connectivity index (χ0n) is 13.5. The van der Waals surface area contributed by atoms with Gasteiger partial charge in [0.2, 0.25) is 0 Å². The molecule has 7 nitrogen and oxygen atoms in total. The van der Waals surface area contributed by atoms with Gasteiger partial charge in [0.15, 0.2) is 0 Å². The Hall–Kier alpha value is -1.90. The zero-order chi connectivity index (χ0) is 17.1. The lowest BCUT2D eigenvalue weighted by Gasteiger charge is -2.36. The first-order valence-electron chi connectivity index (χ1n) is 8.18. The summed E-state index contributed by atoms with van der Waals surface area (Å²) in [5.74, 6) is -0.361. The fourth-order valence-corrected chi connectivity index (χ4v) is 3.14. The normalized spacial score (nSPS) is 22.1. The number of amides is 1. The number of nitrogens with zero attached hydrogens (tertiary/aromatic N) is 3. The number of ether oxygens (including phenoxy) is 1. The molecule has 3 N–H and O–H groups in total. The lowest BCUT2D eigenvalue weighted by molar-refractivity contribution is 0.0963. The van der Waals surface area contributed by atoms with Crippen LogP contribution in [0.25, 0.3) is 0 Å². The van der Waals surface area contributed by atoms with E-state index in [4.69, 9.17) is 15.6 Å². The molecule has 1 aromatic rings. The van der Waals surface area contributed by atoms with Crippen molar-refractivity contribution in [2.45, 2.75) is 6.10 Å². The number of cyclic esters (lactones) is 1. The molecule has 3 rings (SSSR count). The molecule has 0 unspecified atom stereocenters. The Morgan fingerprint density at radius 2 is 2.04 bits per heavy atom. The molecule has 24 heavy (non-hydrogen) atoms. The summed E-state index contributed by atoms with van der Waals surface area (Å²) in [6.07, 6.45) is -1.12. The minimum absolute atomic E-state index is 0.228. The first kappa shape index (κ1) is 16.9. The number of carbonyl (C=O) groups is 1. The molecule has 1 aromatic carbocycles. The van der Waals surface area contributed by atoms with E-state index in [1.807, 2.05) is 4.90 Å². The van der Waals surface area contributed by atoms with Crippen LogP contribution in [0.4, 0.5) is 20.6 Å². The van der Waals surface area contributed by atoms with Crippen molar-refractivity contribution in [2.24, 2.45) is 5.73 Å². The average Bonchev–Trinajstić information content (AvgIpc) is 2.97. The number of benzene rings is 1. The number of anilines is 2. The molecule has 2 heterocycles. The molecular formula is C16H23FN4O3. The number of carbonyl (C=O) groups excluding carboxylic acids is 1. The number of halogens is 1. The van der Waals surface area contributed by atoms with Gasteiger partial charge in [0.1, 0.15) is 11.9 Å². The van der Waals surface area contributed by atoms with Crippen LogP contribution in [0.5, 0.6) is 0 Å². The van der Waals surface area contributed by atoms with Crippen molar-refractivity contribution in [2.75, 3.05) is 62.2 Å². The molecule has 1 atom stereocenters. The highest BCUT2D eigenvalue weighted by atomic mass is 19.1. The van der Waals surface area contributed by atoms with Crippen LogP contribution in [-0.2, 0) is 4.74 Å². The Morgan fingerprint density at radius 3 is 2.62 bits per heavy atom. The molecule has 0 bridgehead atoms. The molecule has 2 saturated heterocycles. The van der Waals surface area contributed by atoms with Crippen molar-refractivity contribution >= 4 is 17.5 Å². The van der Waals surface area contributed by atoms with Crippen molar-refractivity contribution in [3.05, 3.63) is 24.0 Å². The third-order valence-corrected chi connectivity index (χ3v) is 4.48. The van der Waals surface area contributed by atoms with Crippen LogP contribution in [0.2, 0.25) is 0 Å². The third kappa shape index (κ3) is 3.45. The van der Waals surface area contributed by atoms with Gasteiger partial charge in [-0.1, -0.05) is 0 Å². The monoisotopic (exact) mass is 338 g/mol. The molecule has 2 aliphatic rings. The summed E-state index contributed by atoms with van der Waals surface area (Å²) in [6, 6.07) is 4.76. The van der Waals surface area contributed by atoms with Gasteiger partial charge in [-0.05, 0) is 18.2 Å². The summed E-state index contributed by atoms with van der Waals surface area (Å²) in [5, 5.41) is 9.08. The lowest BCUT2D eigenvalue weighted by Crippen LogP contribution is -2.48. The number of aliphatic hydroxyl groups excluding tert-OH is 1. The van der Waals surface area contributed by atoms with Crippen molar-refractivity contribution in [1.29, 1.82) is 0 Å². The van der Waals surface area contributed by atoms with E-state index in [0.29, 0.717) is 17.9 Å². The summed E-state index contributed by atoms with van der Waals surface area (Å²) in [6.45, 7) is 4.68. The number of nitrogens with two attached hydrogens (primary N) is 1. The Bertz CT molecular complexity index is 593. The molecule has 0 saturated carbocycles. The van der Waals surface area contributed by atoms with Gasteiger partial charge in [0, 0.05) is 39.3 Å².